The average Bonchev–Trinajstić information content (AvgIpc) is 2.21. The predicted octanol–water partition coefficient (Wildman–Crippen LogP) is 0.944. The van der Waals surface area contributed by atoms with Crippen molar-refractivity contribution in [1.29, 1.82) is 0 Å². The van der Waals surface area contributed by atoms with Crippen molar-refractivity contribution in [3.63, 3.8) is 0 Å². The Balaban J connectivity index is 4.17. The van der Waals surface area contributed by atoms with Crippen LogP contribution in [0.1, 0.15) is 33.6 Å². The molecule has 3 N–H and O–H groups in total. The van der Waals surface area contributed by atoms with Crippen LogP contribution in [-0.4, -0.2) is 45.9 Å². The van der Waals surface area contributed by atoms with E-state index in [0.29, 0.717) is 18.7 Å². The van der Waals surface area contributed by atoms with Gasteiger partial charge in [0.1, 0.15) is 0 Å². The van der Waals surface area contributed by atoms with Crippen LogP contribution in [0, 0.1) is 5.41 Å². The lowest BCUT2D eigenvalue weighted by Crippen LogP contribution is -2.49. The molecule has 0 fully saturated rings. The number of hydrogen-bond acceptors (Lipinski definition) is 3. The molecule has 112 valence electrons. The quantitative estimate of drug-likeness (QED) is 0.609. The number of carbonyl (C=O) groups is 2. The van der Waals surface area contributed by atoms with Crippen molar-refractivity contribution >= 4 is 22.8 Å². The number of carboxylic acid groups (broad SMARTS) is 1. The van der Waals surface area contributed by atoms with Crippen molar-refractivity contribution in [3.8, 4) is 0 Å². The fourth-order valence-corrected chi connectivity index (χ4v) is 1.99. The van der Waals surface area contributed by atoms with Crippen molar-refractivity contribution in [2.24, 2.45) is 5.41 Å². The Bertz CT molecular complexity index is 339. The van der Waals surface area contributed by atoms with Gasteiger partial charge in [-0.2, -0.15) is 0 Å². The molecular weight excluding hydrogens is 268 g/mol. The Kier molecular flexibility index (Phi) is 7.66. The Morgan fingerprint density at radius 1 is 1.32 bits per heavy atom. The van der Waals surface area contributed by atoms with E-state index >= 15 is 0 Å². The second-order valence-corrected chi connectivity index (χ2v) is 7.10. The van der Waals surface area contributed by atoms with Crippen molar-refractivity contribution in [2.45, 2.75) is 39.7 Å². The van der Waals surface area contributed by atoms with E-state index in [1.54, 1.807) is 6.26 Å². The molecule has 7 heteroatoms. The summed E-state index contributed by atoms with van der Waals surface area (Å²) in [6.07, 6.45) is 2.13. The summed E-state index contributed by atoms with van der Waals surface area (Å²) >= 11 is 0. The minimum Gasteiger partial charge on any atom is -0.481 e. The number of urea groups is 1. The Morgan fingerprint density at radius 3 is 2.32 bits per heavy atom. The number of nitrogens with one attached hydrogen (secondary N) is 2. The molecule has 6 nitrogen and oxygen atoms in total. The van der Waals surface area contributed by atoms with E-state index in [2.05, 4.69) is 10.6 Å². The molecule has 2 amide bonds. The SMILES string of the molecule is CS(=O)CCCNC(=O)NC(CC(=O)O)C(C)(C)C. The standard InChI is InChI=1S/C12H24N2O4S/c1-12(2,3)9(8-10(15)16)14-11(17)13-6-5-7-19(4)18/h9H,5-8H2,1-4H3,(H,15,16)(H2,13,14,17). The van der Waals surface area contributed by atoms with Gasteiger partial charge in [-0.3, -0.25) is 9.00 Å². The zero-order valence-electron chi connectivity index (χ0n) is 12.0. The minimum atomic E-state index is -0.943. The summed E-state index contributed by atoms with van der Waals surface area (Å²) in [4.78, 5) is 22.4. The van der Waals surface area contributed by atoms with E-state index in [0.717, 1.165) is 0 Å². The van der Waals surface area contributed by atoms with Gasteiger partial charge in [-0.05, 0) is 11.8 Å². The van der Waals surface area contributed by atoms with Crippen LogP contribution in [0.4, 0.5) is 4.79 Å². The molecule has 0 saturated heterocycles. The first-order chi connectivity index (χ1) is 8.62. The van der Waals surface area contributed by atoms with Crippen LogP contribution in [-0.2, 0) is 15.6 Å². The van der Waals surface area contributed by atoms with Crippen molar-refractivity contribution < 1.29 is 18.9 Å². The van der Waals surface area contributed by atoms with E-state index in [1.807, 2.05) is 20.8 Å². The lowest BCUT2D eigenvalue weighted by molar-refractivity contribution is -0.138. The van der Waals surface area contributed by atoms with Crippen molar-refractivity contribution in [1.82, 2.24) is 10.6 Å². The minimum absolute atomic E-state index is 0.115. The Hall–Kier alpha value is -1.11. The molecular formula is C12H24N2O4S. The highest BCUT2D eigenvalue weighted by atomic mass is 32.2. The van der Waals surface area contributed by atoms with Crippen LogP contribution >= 0.6 is 0 Å². The lowest BCUT2D eigenvalue weighted by atomic mass is 9.85. The summed E-state index contributed by atoms with van der Waals surface area (Å²) in [5.74, 6) is -0.403. The highest BCUT2D eigenvalue weighted by molar-refractivity contribution is 7.84. The van der Waals surface area contributed by atoms with Gasteiger partial charge in [0.15, 0.2) is 0 Å². The van der Waals surface area contributed by atoms with Gasteiger partial charge < -0.3 is 15.7 Å². The molecule has 19 heavy (non-hydrogen) atoms. The van der Waals surface area contributed by atoms with E-state index in [9.17, 15) is 13.8 Å². The van der Waals surface area contributed by atoms with Crippen molar-refractivity contribution in [3.05, 3.63) is 0 Å². The second kappa shape index (κ2) is 8.14. The zero-order valence-corrected chi connectivity index (χ0v) is 12.8. The van der Waals surface area contributed by atoms with Gasteiger partial charge in [0.2, 0.25) is 0 Å². The monoisotopic (exact) mass is 292 g/mol. The van der Waals surface area contributed by atoms with Gasteiger partial charge in [0, 0.05) is 35.4 Å². The molecule has 0 heterocycles. The molecule has 0 radical (unpaired) electrons. The smallest absolute Gasteiger partial charge is 0.315 e. The van der Waals surface area contributed by atoms with Gasteiger partial charge in [-0.1, -0.05) is 20.8 Å². The van der Waals surface area contributed by atoms with E-state index in [4.69, 9.17) is 5.11 Å². The normalized spacial score (nSPS) is 14.5. The molecule has 2 atom stereocenters. The molecule has 0 saturated carbocycles. The first kappa shape index (κ1) is 17.9. The molecule has 0 rings (SSSR count). The van der Waals surface area contributed by atoms with E-state index in [1.165, 1.54) is 0 Å². The van der Waals surface area contributed by atoms with E-state index < -0.39 is 22.8 Å². The first-order valence-corrected chi connectivity index (χ1v) is 7.92. The number of hydrogen-bond donors (Lipinski definition) is 3. The summed E-state index contributed by atoms with van der Waals surface area (Å²) in [5.41, 5.74) is -0.333. The number of amides is 2. The molecule has 0 aromatic rings. The van der Waals surface area contributed by atoms with Crippen LogP contribution in [0.3, 0.4) is 0 Å². The van der Waals surface area contributed by atoms with Gasteiger partial charge in [-0.25, -0.2) is 4.79 Å². The number of carboxylic acids is 1. The third-order valence-corrected chi connectivity index (χ3v) is 3.49. The van der Waals surface area contributed by atoms with E-state index in [-0.39, 0.29) is 17.9 Å². The molecule has 0 aromatic carbocycles. The maximum atomic E-state index is 11.6. The molecule has 0 aliphatic heterocycles. The van der Waals surface area contributed by atoms with Crippen LogP contribution in [0.5, 0.6) is 0 Å². The Labute approximate surface area is 116 Å². The topological polar surface area (TPSA) is 95.5 Å². The molecule has 0 spiro atoms. The van der Waals surface area contributed by atoms with Crippen molar-refractivity contribution in [2.75, 3.05) is 18.6 Å². The average molecular weight is 292 g/mol. The third-order valence-electron chi connectivity index (χ3n) is 2.62. The number of aliphatic carboxylic acids is 1. The lowest BCUT2D eigenvalue weighted by Gasteiger charge is -2.30. The van der Waals surface area contributed by atoms with Crippen LogP contribution in [0.15, 0.2) is 0 Å². The molecule has 0 bridgehead atoms. The first-order valence-electron chi connectivity index (χ1n) is 6.19. The Morgan fingerprint density at radius 2 is 1.89 bits per heavy atom. The molecule has 0 aliphatic carbocycles. The zero-order chi connectivity index (χ0) is 15.1. The third kappa shape index (κ3) is 9.47. The predicted molar refractivity (Wildman–Crippen MR) is 75.6 cm³/mol. The fourth-order valence-electron chi connectivity index (χ4n) is 1.43. The second-order valence-electron chi connectivity index (χ2n) is 5.55. The van der Waals surface area contributed by atoms with Crippen LogP contribution in [0.2, 0.25) is 0 Å². The van der Waals surface area contributed by atoms with Gasteiger partial charge in [0.25, 0.3) is 0 Å². The summed E-state index contributed by atoms with van der Waals surface area (Å²) in [6, 6.07) is -0.826. The number of rotatable bonds is 7. The summed E-state index contributed by atoms with van der Waals surface area (Å²) < 4.78 is 10.8. The number of carbonyl (C=O) groups excluding carboxylic acids is 1. The van der Waals surface area contributed by atoms with Crippen LogP contribution < -0.4 is 10.6 Å². The highest BCUT2D eigenvalue weighted by Gasteiger charge is 2.28. The molecule has 2 unspecified atom stereocenters. The van der Waals surface area contributed by atoms with Crippen LogP contribution in [0.25, 0.3) is 0 Å². The maximum absolute atomic E-state index is 11.6. The van der Waals surface area contributed by atoms with Gasteiger partial charge >= 0.3 is 12.0 Å². The highest BCUT2D eigenvalue weighted by Crippen LogP contribution is 2.21. The summed E-state index contributed by atoms with van der Waals surface area (Å²) in [6.45, 7) is 6.05. The van der Waals surface area contributed by atoms with Gasteiger partial charge in [0.05, 0.1) is 6.42 Å². The largest absolute Gasteiger partial charge is 0.481 e. The molecule has 0 aliphatic rings. The fraction of sp³-hybridized carbons (Fsp3) is 0.833. The van der Waals surface area contributed by atoms with Gasteiger partial charge in [-0.15, -0.1) is 0 Å². The molecule has 0 aromatic heterocycles. The maximum Gasteiger partial charge on any atom is 0.315 e. The summed E-state index contributed by atoms with van der Waals surface area (Å²) in [7, 11) is -0.862. The summed E-state index contributed by atoms with van der Waals surface area (Å²) in [5, 5.41) is 14.1.